The predicted molar refractivity (Wildman–Crippen MR) is 123 cm³/mol. The second-order valence-electron chi connectivity index (χ2n) is 7.12. The molecular weight excluding hydrogens is 463 g/mol. The lowest BCUT2D eigenvalue weighted by atomic mass is 10.2. The van der Waals surface area contributed by atoms with Crippen molar-refractivity contribution < 1.29 is 9.72 Å². The number of carbonyl (C=O) groups excluding carboxylic acids is 1. The van der Waals surface area contributed by atoms with E-state index in [-0.39, 0.29) is 33.6 Å². The molecule has 3 aromatic rings. The van der Waals surface area contributed by atoms with Gasteiger partial charge in [0.1, 0.15) is 0 Å². The first kappa shape index (κ1) is 23.1. The van der Waals surface area contributed by atoms with Crippen LogP contribution < -0.4 is 10.9 Å². The maximum Gasteiger partial charge on any atom is 0.271 e. The van der Waals surface area contributed by atoms with Crippen molar-refractivity contribution in [3.8, 4) is 0 Å². The molecule has 1 N–H and O–H groups in total. The van der Waals surface area contributed by atoms with Gasteiger partial charge in [-0.15, -0.1) is 0 Å². The first-order chi connectivity index (χ1) is 14.7. The van der Waals surface area contributed by atoms with Gasteiger partial charge in [0.2, 0.25) is 5.91 Å². The van der Waals surface area contributed by atoms with E-state index in [4.69, 9.17) is 23.2 Å². The van der Waals surface area contributed by atoms with Gasteiger partial charge in [-0.3, -0.25) is 24.3 Å². The van der Waals surface area contributed by atoms with Crippen LogP contribution >= 0.6 is 35.0 Å². The highest BCUT2D eigenvalue weighted by atomic mass is 35.5. The van der Waals surface area contributed by atoms with E-state index in [2.05, 4.69) is 10.3 Å². The van der Waals surface area contributed by atoms with E-state index >= 15 is 0 Å². The van der Waals surface area contributed by atoms with Crippen LogP contribution in [0.25, 0.3) is 10.9 Å². The molecule has 3 rings (SSSR count). The maximum atomic E-state index is 13.0. The molecule has 162 valence electrons. The van der Waals surface area contributed by atoms with Gasteiger partial charge in [-0.25, -0.2) is 4.98 Å². The van der Waals surface area contributed by atoms with E-state index in [0.29, 0.717) is 27.6 Å². The number of fused-ring (bicyclic) bond motifs is 1. The second kappa shape index (κ2) is 9.67. The molecule has 0 aliphatic carbocycles. The van der Waals surface area contributed by atoms with Crippen molar-refractivity contribution >= 4 is 63.1 Å². The monoisotopic (exact) mass is 480 g/mol. The third-order valence-electron chi connectivity index (χ3n) is 4.20. The van der Waals surface area contributed by atoms with Crippen LogP contribution in [-0.4, -0.2) is 26.1 Å². The summed E-state index contributed by atoms with van der Waals surface area (Å²) in [5.41, 5.74) is 0.208. The Morgan fingerprint density at radius 3 is 2.68 bits per heavy atom. The summed E-state index contributed by atoms with van der Waals surface area (Å²) < 4.78 is 1.53. The number of hydrogen-bond acceptors (Lipinski definition) is 6. The van der Waals surface area contributed by atoms with Crippen LogP contribution in [0.3, 0.4) is 0 Å². The van der Waals surface area contributed by atoms with Crippen molar-refractivity contribution in [1.82, 2.24) is 9.55 Å². The number of nitrogens with zero attached hydrogens (tertiary/aromatic N) is 3. The van der Waals surface area contributed by atoms with Gasteiger partial charge < -0.3 is 5.32 Å². The molecule has 0 saturated heterocycles. The topological polar surface area (TPSA) is 107 Å². The summed E-state index contributed by atoms with van der Waals surface area (Å²) in [6, 6.07) is 8.67. The third-order valence-corrected chi connectivity index (χ3v) is 5.74. The molecule has 11 heteroatoms. The molecule has 0 aliphatic heterocycles. The van der Waals surface area contributed by atoms with Crippen molar-refractivity contribution in [2.45, 2.75) is 25.5 Å². The standard InChI is InChI=1S/C20H18Cl2N4O4S/c1-11(2)9-25-19(28)14-7-12(21)3-6-16(14)24-20(25)31-10-18(27)23-17-8-13(26(29)30)4-5-15(17)22/h3-8,11H,9-10H2,1-2H3,(H,23,27). The first-order valence-electron chi connectivity index (χ1n) is 9.22. The number of thioether (sulfide) groups is 1. The third kappa shape index (κ3) is 5.55. The highest BCUT2D eigenvalue weighted by Gasteiger charge is 2.16. The number of nitro groups is 1. The van der Waals surface area contributed by atoms with Gasteiger partial charge in [0, 0.05) is 23.7 Å². The summed E-state index contributed by atoms with van der Waals surface area (Å²) in [7, 11) is 0. The molecule has 0 saturated carbocycles. The van der Waals surface area contributed by atoms with Gasteiger partial charge in [-0.1, -0.05) is 48.8 Å². The van der Waals surface area contributed by atoms with Gasteiger partial charge in [0.25, 0.3) is 11.2 Å². The van der Waals surface area contributed by atoms with E-state index in [9.17, 15) is 19.7 Å². The van der Waals surface area contributed by atoms with Crippen LogP contribution in [-0.2, 0) is 11.3 Å². The summed E-state index contributed by atoms with van der Waals surface area (Å²) >= 11 is 13.2. The number of anilines is 1. The largest absolute Gasteiger partial charge is 0.324 e. The van der Waals surface area contributed by atoms with Crippen molar-refractivity contribution in [3.05, 3.63) is 66.9 Å². The predicted octanol–water partition coefficient (Wildman–Crippen LogP) is 5.00. The number of aromatic nitrogens is 2. The molecule has 0 fully saturated rings. The molecule has 0 spiro atoms. The zero-order valence-electron chi connectivity index (χ0n) is 16.6. The molecule has 0 unspecified atom stereocenters. The minimum atomic E-state index is -0.573. The lowest BCUT2D eigenvalue weighted by molar-refractivity contribution is -0.384. The summed E-state index contributed by atoms with van der Waals surface area (Å²) in [5, 5.41) is 14.9. The molecule has 0 bridgehead atoms. The summed E-state index contributed by atoms with van der Waals surface area (Å²) in [6.45, 7) is 4.37. The average molecular weight is 481 g/mol. The number of nitro benzene ring substituents is 1. The zero-order chi connectivity index (χ0) is 22.7. The number of hydrogen-bond donors (Lipinski definition) is 1. The molecule has 0 atom stereocenters. The maximum absolute atomic E-state index is 13.0. The molecule has 0 aliphatic rings. The second-order valence-corrected chi connectivity index (χ2v) is 8.91. The van der Waals surface area contributed by atoms with E-state index in [1.165, 1.54) is 22.8 Å². The van der Waals surface area contributed by atoms with Crippen LogP contribution in [0.5, 0.6) is 0 Å². The normalized spacial score (nSPS) is 11.1. The lowest BCUT2D eigenvalue weighted by Crippen LogP contribution is -2.26. The van der Waals surface area contributed by atoms with Gasteiger partial charge >= 0.3 is 0 Å². The van der Waals surface area contributed by atoms with Crippen molar-refractivity contribution in [2.24, 2.45) is 5.92 Å². The lowest BCUT2D eigenvalue weighted by Gasteiger charge is -2.15. The Hall–Kier alpha value is -2.62. The van der Waals surface area contributed by atoms with Crippen LogP contribution in [0, 0.1) is 16.0 Å². The van der Waals surface area contributed by atoms with Gasteiger partial charge in [-0.05, 0) is 30.2 Å². The molecule has 31 heavy (non-hydrogen) atoms. The van der Waals surface area contributed by atoms with Gasteiger partial charge in [0.15, 0.2) is 5.16 Å². The number of rotatable bonds is 7. The van der Waals surface area contributed by atoms with E-state index in [1.807, 2.05) is 13.8 Å². The minimum absolute atomic E-state index is 0.0668. The molecule has 1 amide bonds. The molecule has 8 nitrogen and oxygen atoms in total. The van der Waals surface area contributed by atoms with Crippen molar-refractivity contribution in [3.63, 3.8) is 0 Å². The number of halogens is 2. The molecular formula is C20H18Cl2N4O4S. The van der Waals surface area contributed by atoms with Crippen LogP contribution in [0.15, 0.2) is 46.3 Å². The number of benzene rings is 2. The Bertz CT molecular complexity index is 1230. The summed E-state index contributed by atoms with van der Waals surface area (Å²) in [5.74, 6) is -0.329. The van der Waals surface area contributed by atoms with Gasteiger partial charge in [-0.2, -0.15) is 0 Å². The fourth-order valence-electron chi connectivity index (χ4n) is 2.85. The van der Waals surface area contributed by atoms with E-state index < -0.39 is 10.8 Å². The van der Waals surface area contributed by atoms with E-state index in [1.54, 1.807) is 18.2 Å². The van der Waals surface area contributed by atoms with Gasteiger partial charge in [0.05, 0.1) is 32.3 Å². The smallest absolute Gasteiger partial charge is 0.271 e. The molecule has 0 radical (unpaired) electrons. The number of nitrogens with one attached hydrogen (secondary N) is 1. The minimum Gasteiger partial charge on any atom is -0.324 e. The molecule has 1 aromatic heterocycles. The van der Waals surface area contributed by atoms with Crippen molar-refractivity contribution in [1.29, 1.82) is 0 Å². The fraction of sp³-hybridized carbons (Fsp3) is 0.250. The summed E-state index contributed by atoms with van der Waals surface area (Å²) in [6.07, 6.45) is 0. The average Bonchev–Trinajstić information content (AvgIpc) is 2.70. The Kier molecular flexibility index (Phi) is 7.19. The van der Waals surface area contributed by atoms with Crippen LogP contribution in [0.1, 0.15) is 13.8 Å². The molecule has 2 aromatic carbocycles. The number of carbonyl (C=O) groups is 1. The Balaban J connectivity index is 1.85. The zero-order valence-corrected chi connectivity index (χ0v) is 18.9. The van der Waals surface area contributed by atoms with Crippen LogP contribution in [0.4, 0.5) is 11.4 Å². The Morgan fingerprint density at radius 1 is 1.26 bits per heavy atom. The SMILES string of the molecule is CC(C)Cn1c(SCC(=O)Nc2cc([N+](=O)[O-])ccc2Cl)nc2ccc(Cl)cc2c1=O. The highest BCUT2D eigenvalue weighted by Crippen LogP contribution is 2.27. The Morgan fingerprint density at radius 2 is 2.00 bits per heavy atom. The quantitative estimate of drug-likeness (QED) is 0.220. The molecule has 1 heterocycles. The summed E-state index contributed by atoms with van der Waals surface area (Å²) in [4.78, 5) is 40.3. The van der Waals surface area contributed by atoms with Crippen LogP contribution in [0.2, 0.25) is 10.0 Å². The van der Waals surface area contributed by atoms with E-state index in [0.717, 1.165) is 11.8 Å². The highest BCUT2D eigenvalue weighted by molar-refractivity contribution is 7.99. The fourth-order valence-corrected chi connectivity index (χ4v) is 3.99. The number of non-ortho nitro benzene ring substituents is 1. The number of amides is 1. The Labute approximate surface area is 191 Å². The first-order valence-corrected chi connectivity index (χ1v) is 11.0. The van der Waals surface area contributed by atoms with Crippen molar-refractivity contribution in [2.75, 3.05) is 11.1 Å².